The molecule has 3 aliphatic rings. The molecule has 0 saturated carbocycles. The summed E-state index contributed by atoms with van der Waals surface area (Å²) in [5.41, 5.74) is 7.76. The summed E-state index contributed by atoms with van der Waals surface area (Å²) in [6.45, 7) is 25.4. The van der Waals surface area contributed by atoms with Crippen molar-refractivity contribution < 1.29 is 0 Å². The van der Waals surface area contributed by atoms with Crippen LogP contribution in [0.5, 0.6) is 0 Å². The van der Waals surface area contributed by atoms with Gasteiger partial charge in [-0.05, 0) is 78.5 Å². The van der Waals surface area contributed by atoms with Gasteiger partial charge in [-0.1, -0.05) is 32.9 Å². The number of nitrogens with zero attached hydrogens (tertiary/aromatic N) is 1. The number of hydrogen-bond donors (Lipinski definition) is 1. The normalized spacial score (nSPS) is 25.4. The summed E-state index contributed by atoms with van der Waals surface area (Å²) in [4.78, 5) is 5.32. The Balaban J connectivity index is 1.98. The molecule has 1 N–H and O–H groups in total. The molecule has 2 nitrogen and oxygen atoms in total. The molecule has 1 fully saturated rings. The fourth-order valence-corrected chi connectivity index (χ4v) is 4.86. The van der Waals surface area contributed by atoms with Gasteiger partial charge in [0, 0.05) is 5.56 Å². The Labute approximate surface area is 184 Å². The summed E-state index contributed by atoms with van der Waals surface area (Å²) in [5.74, 6) is 1.38. The molecule has 0 bridgehead atoms. The highest BCUT2D eigenvalue weighted by Crippen LogP contribution is 2.59. The summed E-state index contributed by atoms with van der Waals surface area (Å²) in [7, 11) is 0. The average Bonchev–Trinajstić information content (AvgIpc) is 2.88. The lowest BCUT2D eigenvalue weighted by Gasteiger charge is -2.35. The third-order valence-electron chi connectivity index (χ3n) is 8.61. The van der Waals surface area contributed by atoms with Gasteiger partial charge in [0.1, 0.15) is 5.57 Å². The van der Waals surface area contributed by atoms with Crippen molar-refractivity contribution in [2.24, 2.45) is 15.8 Å². The lowest BCUT2D eigenvalue weighted by atomic mass is 9.62. The first-order valence-electron chi connectivity index (χ1n) is 11.3. The van der Waals surface area contributed by atoms with Crippen molar-refractivity contribution in [3.63, 3.8) is 0 Å². The second kappa shape index (κ2) is 5.84. The topological polar surface area (TPSA) is 24.4 Å². The van der Waals surface area contributed by atoms with E-state index in [0.717, 1.165) is 0 Å². The molecule has 1 aromatic carbocycles. The standard InChI is InChI=1S/C28H39N2/c1-24(2,3)18-14-12-17(13-15-18)21-22-19(25(4,5)27(8,9)29-22)16-20-23(21)30-28(10,11)26(20,6)7/h12-16,29H,1-11H3/q+1. The molecular weight excluding hydrogens is 364 g/mol. The van der Waals surface area contributed by atoms with Gasteiger partial charge >= 0.3 is 0 Å². The SMILES string of the molecule is CC(C)(C)c1ccc(C2=C3NC(C)(C)C(C)(C)C3=C[C+]3C2=NC(C)(C)C3(C)C)cc1. The Bertz CT molecular complexity index is 986. The Morgan fingerprint density at radius 3 is 1.97 bits per heavy atom. The van der Waals surface area contributed by atoms with Gasteiger partial charge in [-0.2, -0.15) is 0 Å². The fourth-order valence-electron chi connectivity index (χ4n) is 4.86. The molecule has 0 spiro atoms. The molecule has 160 valence electrons. The first-order valence-corrected chi connectivity index (χ1v) is 11.3. The molecule has 0 aromatic heterocycles. The molecule has 0 atom stereocenters. The number of fused-ring (bicyclic) bond motifs is 2. The monoisotopic (exact) mass is 403 g/mol. The van der Waals surface area contributed by atoms with Gasteiger partial charge < -0.3 is 5.32 Å². The zero-order valence-electron chi connectivity index (χ0n) is 20.8. The van der Waals surface area contributed by atoms with Crippen molar-refractivity contribution in [3.8, 4) is 0 Å². The largest absolute Gasteiger partial charge is 0.356 e. The van der Waals surface area contributed by atoms with Crippen molar-refractivity contribution in [2.75, 3.05) is 0 Å². The van der Waals surface area contributed by atoms with Crippen LogP contribution in [0.2, 0.25) is 0 Å². The maximum absolute atomic E-state index is 5.32. The minimum absolute atomic E-state index is 0.0136. The molecule has 0 radical (unpaired) electrons. The molecule has 0 unspecified atom stereocenters. The zero-order chi connectivity index (χ0) is 22.5. The lowest BCUT2D eigenvalue weighted by Crippen LogP contribution is -2.43. The Morgan fingerprint density at radius 2 is 1.43 bits per heavy atom. The number of nitrogens with one attached hydrogen (secondary N) is 1. The number of benzene rings is 1. The van der Waals surface area contributed by atoms with Gasteiger partial charge in [0.2, 0.25) is 0 Å². The van der Waals surface area contributed by atoms with Crippen molar-refractivity contribution in [2.45, 2.75) is 92.7 Å². The molecule has 1 aromatic rings. The van der Waals surface area contributed by atoms with Crippen molar-refractivity contribution in [1.29, 1.82) is 0 Å². The van der Waals surface area contributed by atoms with Crippen molar-refractivity contribution in [3.05, 3.63) is 58.7 Å². The van der Waals surface area contributed by atoms with Crippen LogP contribution in [-0.4, -0.2) is 16.8 Å². The second-order valence-corrected chi connectivity index (χ2v) is 12.6. The molecule has 4 rings (SSSR count). The summed E-state index contributed by atoms with van der Waals surface area (Å²) >= 11 is 0. The summed E-state index contributed by atoms with van der Waals surface area (Å²) in [6, 6.07) is 9.17. The molecule has 1 saturated heterocycles. The molecule has 30 heavy (non-hydrogen) atoms. The zero-order valence-corrected chi connectivity index (χ0v) is 20.8. The van der Waals surface area contributed by atoms with Gasteiger partial charge in [0.05, 0.1) is 39.5 Å². The summed E-state index contributed by atoms with van der Waals surface area (Å²) in [5, 5.41) is 3.90. The van der Waals surface area contributed by atoms with Crippen LogP contribution >= 0.6 is 0 Å². The second-order valence-electron chi connectivity index (χ2n) is 12.6. The number of aliphatic imine (C=N–C) groups is 1. The van der Waals surface area contributed by atoms with E-state index in [1.807, 2.05) is 0 Å². The Hall–Kier alpha value is -1.96. The first kappa shape index (κ1) is 21.3. The quantitative estimate of drug-likeness (QED) is 0.508. The maximum atomic E-state index is 5.32. The van der Waals surface area contributed by atoms with E-state index in [4.69, 9.17) is 4.99 Å². The van der Waals surface area contributed by atoms with Crippen molar-refractivity contribution in [1.82, 2.24) is 5.32 Å². The maximum Gasteiger partial charge on any atom is 0.183 e. The highest BCUT2D eigenvalue weighted by molar-refractivity contribution is 6.35. The lowest BCUT2D eigenvalue weighted by molar-refractivity contribution is 0.254. The third kappa shape index (κ3) is 2.68. The van der Waals surface area contributed by atoms with Crippen LogP contribution in [0.3, 0.4) is 0 Å². The highest BCUT2D eigenvalue weighted by Gasteiger charge is 2.63. The predicted molar refractivity (Wildman–Crippen MR) is 130 cm³/mol. The van der Waals surface area contributed by atoms with Crippen LogP contribution in [0.1, 0.15) is 87.3 Å². The van der Waals surface area contributed by atoms with E-state index >= 15 is 0 Å². The Kier molecular flexibility index (Phi) is 4.14. The summed E-state index contributed by atoms with van der Waals surface area (Å²) in [6.07, 6.45) is 2.46. The van der Waals surface area contributed by atoms with Crippen LogP contribution in [0, 0.1) is 16.7 Å². The predicted octanol–water partition coefficient (Wildman–Crippen LogP) is 6.88. The van der Waals surface area contributed by atoms with E-state index in [0.29, 0.717) is 0 Å². The van der Waals surface area contributed by atoms with E-state index in [9.17, 15) is 0 Å². The molecule has 2 aliphatic heterocycles. The van der Waals surface area contributed by atoms with Crippen LogP contribution in [0.15, 0.2) is 46.6 Å². The van der Waals surface area contributed by atoms with E-state index in [-0.39, 0.29) is 27.3 Å². The smallest absolute Gasteiger partial charge is 0.183 e. The average molecular weight is 404 g/mol. The number of hydrogen-bond acceptors (Lipinski definition) is 2. The third-order valence-corrected chi connectivity index (χ3v) is 8.61. The van der Waals surface area contributed by atoms with Gasteiger partial charge in [-0.3, -0.25) is 4.99 Å². The van der Waals surface area contributed by atoms with E-state index in [2.05, 4.69) is 112 Å². The molecule has 2 heteroatoms. The summed E-state index contributed by atoms with van der Waals surface area (Å²) < 4.78 is 0. The van der Waals surface area contributed by atoms with Gasteiger partial charge in [-0.25, -0.2) is 0 Å². The van der Waals surface area contributed by atoms with Crippen LogP contribution in [-0.2, 0) is 5.41 Å². The fraction of sp³-hybridized carbons (Fsp3) is 0.571. The Morgan fingerprint density at radius 1 is 0.867 bits per heavy atom. The molecular formula is C28H39N2+. The minimum Gasteiger partial charge on any atom is -0.356 e. The number of allylic oxidation sites excluding steroid dienone is 3. The van der Waals surface area contributed by atoms with E-state index in [1.165, 1.54) is 39.6 Å². The van der Waals surface area contributed by atoms with Crippen LogP contribution in [0.4, 0.5) is 0 Å². The molecule has 1 aliphatic carbocycles. The van der Waals surface area contributed by atoms with Gasteiger partial charge in [-0.15, -0.1) is 0 Å². The van der Waals surface area contributed by atoms with Gasteiger partial charge in [0.15, 0.2) is 11.4 Å². The highest BCUT2D eigenvalue weighted by atomic mass is 15.1. The van der Waals surface area contributed by atoms with E-state index < -0.39 is 0 Å². The van der Waals surface area contributed by atoms with E-state index in [1.54, 1.807) is 0 Å². The molecule has 2 heterocycles. The van der Waals surface area contributed by atoms with Crippen molar-refractivity contribution >= 4 is 11.3 Å². The number of rotatable bonds is 1. The first-order chi connectivity index (χ1) is 13.5. The van der Waals surface area contributed by atoms with Gasteiger partial charge in [0.25, 0.3) is 0 Å². The molecule has 0 amide bonds. The van der Waals surface area contributed by atoms with Crippen LogP contribution < -0.4 is 5.32 Å². The van der Waals surface area contributed by atoms with Crippen LogP contribution in [0.25, 0.3) is 5.57 Å². The minimum atomic E-state index is -0.135.